The van der Waals surface area contributed by atoms with E-state index in [4.69, 9.17) is 10.5 Å². The molecule has 0 saturated carbocycles. The van der Waals surface area contributed by atoms with Crippen LogP contribution in [0.1, 0.15) is 18.4 Å². The highest BCUT2D eigenvalue weighted by molar-refractivity contribution is 5.85. The van der Waals surface area contributed by atoms with Gasteiger partial charge in [-0.15, -0.1) is 12.4 Å². The van der Waals surface area contributed by atoms with Crippen LogP contribution >= 0.6 is 12.4 Å². The Kier molecular flexibility index (Phi) is 6.84. The van der Waals surface area contributed by atoms with Gasteiger partial charge < -0.3 is 15.8 Å². The van der Waals surface area contributed by atoms with E-state index < -0.39 is 6.04 Å². The molecule has 0 radical (unpaired) electrons. The molecule has 1 fully saturated rings. The molecule has 1 atom stereocenters. The Morgan fingerprint density at radius 3 is 2.58 bits per heavy atom. The number of amides is 1. The highest BCUT2D eigenvalue weighted by atomic mass is 35.5. The number of benzene rings is 1. The smallest absolute Gasteiger partial charge is 0.237 e. The zero-order valence-corrected chi connectivity index (χ0v) is 11.7. The highest BCUT2D eigenvalue weighted by Gasteiger charge is 2.20. The van der Waals surface area contributed by atoms with E-state index >= 15 is 0 Å². The van der Waals surface area contributed by atoms with Crippen LogP contribution in [0.15, 0.2) is 30.3 Å². The van der Waals surface area contributed by atoms with E-state index in [0.29, 0.717) is 6.42 Å². The van der Waals surface area contributed by atoms with Gasteiger partial charge in [-0.3, -0.25) is 4.79 Å². The third-order valence-electron chi connectivity index (χ3n) is 3.20. The van der Waals surface area contributed by atoms with Crippen molar-refractivity contribution in [1.82, 2.24) is 5.32 Å². The van der Waals surface area contributed by atoms with E-state index in [9.17, 15) is 4.79 Å². The number of rotatable bonds is 4. The summed E-state index contributed by atoms with van der Waals surface area (Å²) in [7, 11) is 0. The van der Waals surface area contributed by atoms with Crippen molar-refractivity contribution >= 4 is 18.3 Å². The van der Waals surface area contributed by atoms with Crippen LogP contribution in [0.2, 0.25) is 0 Å². The van der Waals surface area contributed by atoms with Gasteiger partial charge in [0.15, 0.2) is 0 Å². The zero-order valence-electron chi connectivity index (χ0n) is 10.9. The van der Waals surface area contributed by atoms with Crippen molar-refractivity contribution in [3.63, 3.8) is 0 Å². The zero-order chi connectivity index (χ0) is 12.8. The summed E-state index contributed by atoms with van der Waals surface area (Å²) in [6.45, 7) is 1.44. The van der Waals surface area contributed by atoms with Crippen LogP contribution in [0.25, 0.3) is 0 Å². The Morgan fingerprint density at radius 1 is 1.32 bits per heavy atom. The lowest BCUT2D eigenvalue weighted by Crippen LogP contribution is -2.48. The first-order chi connectivity index (χ1) is 8.75. The van der Waals surface area contributed by atoms with Crippen LogP contribution in [-0.4, -0.2) is 31.2 Å². The van der Waals surface area contributed by atoms with E-state index in [0.717, 1.165) is 31.6 Å². The Balaban J connectivity index is 0.00000180. The largest absolute Gasteiger partial charge is 0.381 e. The predicted molar refractivity (Wildman–Crippen MR) is 77.4 cm³/mol. The van der Waals surface area contributed by atoms with E-state index in [1.165, 1.54) is 0 Å². The van der Waals surface area contributed by atoms with Gasteiger partial charge in [0.25, 0.3) is 0 Å². The molecule has 1 unspecified atom stereocenters. The standard InChI is InChI=1S/C14H20N2O2.ClH/c15-13(10-11-4-2-1-3-5-11)14(17)16-12-6-8-18-9-7-12;/h1-5,12-13H,6-10,15H2,(H,16,17);1H. The first-order valence-electron chi connectivity index (χ1n) is 6.43. The summed E-state index contributed by atoms with van der Waals surface area (Å²) in [4.78, 5) is 11.9. The third kappa shape index (κ3) is 5.19. The van der Waals surface area contributed by atoms with Gasteiger partial charge >= 0.3 is 0 Å². The number of nitrogens with two attached hydrogens (primary N) is 1. The van der Waals surface area contributed by atoms with Crippen molar-refractivity contribution in [1.29, 1.82) is 0 Å². The second kappa shape index (κ2) is 8.15. The quantitative estimate of drug-likeness (QED) is 0.875. The first-order valence-corrected chi connectivity index (χ1v) is 6.43. The lowest BCUT2D eigenvalue weighted by Gasteiger charge is -2.24. The van der Waals surface area contributed by atoms with E-state index in [2.05, 4.69) is 5.32 Å². The van der Waals surface area contributed by atoms with Gasteiger partial charge in [0.1, 0.15) is 0 Å². The van der Waals surface area contributed by atoms with Gasteiger partial charge in [-0.1, -0.05) is 30.3 Å². The number of hydrogen-bond donors (Lipinski definition) is 2. The lowest BCUT2D eigenvalue weighted by molar-refractivity contribution is -0.123. The number of carbonyl (C=O) groups is 1. The van der Waals surface area contributed by atoms with Crippen LogP contribution in [0.4, 0.5) is 0 Å². The average molecular weight is 285 g/mol. The summed E-state index contributed by atoms with van der Waals surface area (Å²) in [5.74, 6) is -0.0641. The summed E-state index contributed by atoms with van der Waals surface area (Å²) in [6, 6.07) is 9.58. The molecule has 1 saturated heterocycles. The molecule has 0 aliphatic carbocycles. The fourth-order valence-corrected chi connectivity index (χ4v) is 2.11. The molecule has 1 aromatic carbocycles. The van der Waals surface area contributed by atoms with Gasteiger partial charge in [0.2, 0.25) is 5.91 Å². The van der Waals surface area contributed by atoms with Crippen LogP contribution in [0.5, 0.6) is 0 Å². The molecule has 0 bridgehead atoms. The molecule has 1 aromatic rings. The van der Waals surface area contributed by atoms with Crippen molar-refractivity contribution in [3.05, 3.63) is 35.9 Å². The number of carbonyl (C=O) groups excluding carboxylic acids is 1. The first kappa shape index (κ1) is 16.0. The van der Waals surface area contributed by atoms with Gasteiger partial charge in [0, 0.05) is 19.3 Å². The molecule has 2 rings (SSSR count). The summed E-state index contributed by atoms with van der Waals surface area (Å²) >= 11 is 0. The molecule has 3 N–H and O–H groups in total. The molecule has 1 amide bonds. The summed E-state index contributed by atoms with van der Waals surface area (Å²) in [5.41, 5.74) is 7.01. The average Bonchev–Trinajstić information content (AvgIpc) is 2.41. The fraction of sp³-hybridized carbons (Fsp3) is 0.500. The minimum atomic E-state index is -0.477. The molecule has 19 heavy (non-hydrogen) atoms. The molecular formula is C14H21ClN2O2. The second-order valence-electron chi connectivity index (χ2n) is 4.69. The number of hydrogen-bond acceptors (Lipinski definition) is 3. The highest BCUT2D eigenvalue weighted by Crippen LogP contribution is 2.07. The van der Waals surface area contributed by atoms with Gasteiger partial charge in [-0.25, -0.2) is 0 Å². The topological polar surface area (TPSA) is 64.4 Å². The maximum absolute atomic E-state index is 11.9. The van der Waals surface area contributed by atoms with Crippen LogP contribution < -0.4 is 11.1 Å². The van der Waals surface area contributed by atoms with Crippen molar-refractivity contribution in [2.45, 2.75) is 31.3 Å². The van der Waals surface area contributed by atoms with Gasteiger partial charge in [-0.2, -0.15) is 0 Å². The molecule has 1 aliphatic rings. The predicted octanol–water partition coefficient (Wildman–Crippen LogP) is 1.27. The van der Waals surface area contributed by atoms with Crippen LogP contribution in [0, 0.1) is 0 Å². The molecule has 4 nitrogen and oxygen atoms in total. The second-order valence-corrected chi connectivity index (χ2v) is 4.69. The van der Waals surface area contributed by atoms with Crippen LogP contribution in [0.3, 0.4) is 0 Å². The van der Waals surface area contributed by atoms with Crippen molar-refractivity contribution < 1.29 is 9.53 Å². The van der Waals surface area contributed by atoms with E-state index in [1.54, 1.807) is 0 Å². The monoisotopic (exact) mass is 284 g/mol. The maximum atomic E-state index is 11.9. The Labute approximate surface area is 120 Å². The van der Waals surface area contributed by atoms with Crippen molar-refractivity contribution in [3.8, 4) is 0 Å². The maximum Gasteiger partial charge on any atom is 0.237 e. The van der Waals surface area contributed by atoms with E-state index in [-0.39, 0.29) is 24.4 Å². The molecule has 0 spiro atoms. The molecule has 0 aromatic heterocycles. The van der Waals surface area contributed by atoms with Crippen LogP contribution in [-0.2, 0) is 16.0 Å². The third-order valence-corrected chi connectivity index (χ3v) is 3.20. The number of halogens is 1. The van der Waals surface area contributed by atoms with E-state index in [1.807, 2.05) is 30.3 Å². The molecular weight excluding hydrogens is 264 g/mol. The van der Waals surface area contributed by atoms with Gasteiger partial charge in [0.05, 0.1) is 6.04 Å². The van der Waals surface area contributed by atoms with Crippen molar-refractivity contribution in [2.75, 3.05) is 13.2 Å². The SMILES string of the molecule is Cl.NC(Cc1ccccc1)C(=O)NC1CCOCC1. The summed E-state index contributed by atoms with van der Waals surface area (Å²) in [6.07, 6.45) is 2.34. The Bertz CT molecular complexity index is 380. The normalized spacial score (nSPS) is 17.3. The number of nitrogens with one attached hydrogen (secondary N) is 1. The Hall–Kier alpha value is -1.10. The minimum absolute atomic E-state index is 0. The molecule has 1 heterocycles. The van der Waals surface area contributed by atoms with Gasteiger partial charge in [-0.05, 0) is 24.8 Å². The summed E-state index contributed by atoms with van der Waals surface area (Å²) in [5, 5.41) is 2.99. The van der Waals surface area contributed by atoms with Crippen molar-refractivity contribution in [2.24, 2.45) is 5.73 Å². The molecule has 1 aliphatic heterocycles. The number of ether oxygens (including phenoxy) is 1. The fourth-order valence-electron chi connectivity index (χ4n) is 2.11. The lowest BCUT2D eigenvalue weighted by atomic mass is 10.0. The molecule has 5 heteroatoms. The Morgan fingerprint density at radius 2 is 1.95 bits per heavy atom. The molecule has 106 valence electrons. The minimum Gasteiger partial charge on any atom is -0.381 e. The summed E-state index contributed by atoms with van der Waals surface area (Å²) < 4.78 is 5.25.